The Morgan fingerprint density at radius 3 is 2.22 bits per heavy atom. The molecule has 0 aliphatic heterocycles. The molecule has 2 heteroatoms. The van der Waals surface area contributed by atoms with Crippen LogP contribution in [0.1, 0.15) is 55.2 Å². The third kappa shape index (κ3) is 3.49. The Hall–Kier alpha value is -1.64. The summed E-state index contributed by atoms with van der Waals surface area (Å²) >= 11 is 0. The third-order valence-corrected chi connectivity index (χ3v) is 5.66. The Kier molecular flexibility index (Phi) is 4.84. The van der Waals surface area contributed by atoms with Gasteiger partial charge in [0.25, 0.3) is 0 Å². The van der Waals surface area contributed by atoms with Gasteiger partial charge >= 0.3 is 0 Å². The van der Waals surface area contributed by atoms with E-state index in [0.717, 1.165) is 28.3 Å². The van der Waals surface area contributed by atoms with Crippen LogP contribution in [0.25, 0.3) is 11.1 Å². The number of nitrogens with zero attached hydrogens (tertiary/aromatic N) is 1. The molecule has 0 N–H and O–H groups in total. The van der Waals surface area contributed by atoms with Crippen LogP contribution in [0.15, 0.2) is 36.4 Å². The van der Waals surface area contributed by atoms with Gasteiger partial charge in [-0.1, -0.05) is 50.1 Å². The fourth-order valence-electron chi connectivity index (χ4n) is 3.67. The first-order valence-electron chi connectivity index (χ1n) is 8.49. The molecule has 1 unspecified atom stereocenters. The Balaban J connectivity index is 1.84. The van der Waals surface area contributed by atoms with Crippen LogP contribution in [0.4, 0.5) is 0 Å². The molecule has 1 aliphatic carbocycles. The van der Waals surface area contributed by atoms with Crippen LogP contribution in [0.3, 0.4) is 0 Å². The first-order chi connectivity index (χ1) is 11.1. The van der Waals surface area contributed by atoms with Crippen molar-refractivity contribution in [1.29, 1.82) is 5.26 Å². The molecule has 3 rings (SSSR count). The molecule has 0 radical (unpaired) electrons. The van der Waals surface area contributed by atoms with Gasteiger partial charge in [0.05, 0.1) is 5.56 Å². The van der Waals surface area contributed by atoms with Gasteiger partial charge < -0.3 is 0 Å². The molecule has 1 saturated carbocycles. The largest absolute Gasteiger partial charge is 0.192 e. The van der Waals surface area contributed by atoms with Crippen molar-refractivity contribution in [3.05, 3.63) is 53.1 Å². The van der Waals surface area contributed by atoms with Gasteiger partial charge in [0, 0.05) is 0 Å². The zero-order valence-corrected chi connectivity index (χ0v) is 15.1. The lowest BCUT2D eigenvalue weighted by molar-refractivity contribution is 0.348. The predicted octanol–water partition coefficient (Wildman–Crippen LogP) is 5.33. The van der Waals surface area contributed by atoms with E-state index in [2.05, 4.69) is 58.6 Å². The topological polar surface area (TPSA) is 23.8 Å². The molecule has 0 saturated heterocycles. The van der Waals surface area contributed by atoms with Crippen molar-refractivity contribution in [3.63, 3.8) is 0 Å². The maximum absolute atomic E-state index is 9.20. The summed E-state index contributed by atoms with van der Waals surface area (Å²) in [6.45, 7) is 4.38. The van der Waals surface area contributed by atoms with Gasteiger partial charge in [-0.25, -0.2) is 0 Å². The zero-order chi connectivity index (χ0) is 16.4. The summed E-state index contributed by atoms with van der Waals surface area (Å²) in [5.74, 6) is 1.63. The molecule has 0 bridgehead atoms. The molecule has 118 valence electrons. The van der Waals surface area contributed by atoms with E-state index >= 15 is 0 Å². The molecule has 1 nitrogen and oxygen atoms in total. The van der Waals surface area contributed by atoms with E-state index in [1.165, 1.54) is 42.4 Å². The number of rotatable bonds is 2. The highest BCUT2D eigenvalue weighted by molar-refractivity contribution is 7.27. The molecule has 0 amide bonds. The minimum absolute atomic E-state index is 0.736. The number of hydrogen-bond acceptors (Lipinski definition) is 1. The standard InChI is InChI=1S/C21H24NP/c1-14-3-5-16(6-4-14)17-7-9-18(10-8-17)19-11-15(2)20(13-22)21(23)12-19/h7-12,14,16H,3-6,23H2,1-2H3. The summed E-state index contributed by atoms with van der Waals surface area (Å²) in [5.41, 5.74) is 5.72. The highest BCUT2D eigenvalue weighted by Gasteiger charge is 2.19. The van der Waals surface area contributed by atoms with Crippen molar-refractivity contribution < 1.29 is 0 Å². The maximum atomic E-state index is 9.20. The molecule has 0 spiro atoms. The summed E-state index contributed by atoms with van der Waals surface area (Å²) in [5, 5.41) is 10.2. The van der Waals surface area contributed by atoms with Crippen molar-refractivity contribution in [2.75, 3.05) is 0 Å². The lowest BCUT2D eigenvalue weighted by Crippen LogP contribution is -2.10. The first kappa shape index (κ1) is 16.2. The smallest absolute Gasteiger partial charge is 0.100 e. The number of nitriles is 1. The average Bonchev–Trinajstić information content (AvgIpc) is 2.55. The molecule has 2 aromatic carbocycles. The van der Waals surface area contributed by atoms with Gasteiger partial charge in [-0.3, -0.25) is 0 Å². The number of benzene rings is 2. The number of hydrogen-bond donors (Lipinski definition) is 0. The van der Waals surface area contributed by atoms with Crippen LogP contribution >= 0.6 is 9.24 Å². The van der Waals surface area contributed by atoms with E-state index < -0.39 is 0 Å². The fourth-order valence-corrected chi connectivity index (χ4v) is 4.15. The van der Waals surface area contributed by atoms with E-state index in [9.17, 15) is 5.26 Å². The van der Waals surface area contributed by atoms with Crippen molar-refractivity contribution in [1.82, 2.24) is 0 Å². The van der Waals surface area contributed by atoms with Crippen molar-refractivity contribution >= 4 is 14.5 Å². The van der Waals surface area contributed by atoms with E-state index in [1.54, 1.807) is 0 Å². The van der Waals surface area contributed by atoms with Gasteiger partial charge in [0.2, 0.25) is 0 Å². The van der Waals surface area contributed by atoms with E-state index in [1.807, 2.05) is 6.92 Å². The lowest BCUT2D eigenvalue weighted by atomic mass is 9.79. The minimum atomic E-state index is 0.736. The Labute approximate surface area is 141 Å². The molecule has 2 aromatic rings. The van der Waals surface area contributed by atoms with Gasteiger partial charge in [0.1, 0.15) is 6.07 Å². The predicted molar refractivity (Wildman–Crippen MR) is 101 cm³/mol. The normalized spacial score (nSPS) is 21.0. The molecule has 0 heterocycles. The molecule has 23 heavy (non-hydrogen) atoms. The Morgan fingerprint density at radius 2 is 1.65 bits per heavy atom. The van der Waals surface area contributed by atoms with Crippen molar-refractivity contribution in [2.24, 2.45) is 5.92 Å². The van der Waals surface area contributed by atoms with E-state index in [-0.39, 0.29) is 0 Å². The number of aryl methyl sites for hydroxylation is 1. The van der Waals surface area contributed by atoms with Crippen LogP contribution in [0.2, 0.25) is 0 Å². The molecule has 1 fully saturated rings. The summed E-state index contributed by atoms with van der Waals surface area (Å²) in [6, 6.07) is 15.5. The van der Waals surface area contributed by atoms with Crippen LogP contribution in [-0.4, -0.2) is 0 Å². The summed E-state index contributed by atoms with van der Waals surface area (Å²) in [7, 11) is 2.68. The Bertz CT molecular complexity index is 708. The van der Waals surface area contributed by atoms with Gasteiger partial charge in [-0.05, 0) is 65.2 Å². The van der Waals surface area contributed by atoms with Crippen LogP contribution < -0.4 is 5.30 Å². The van der Waals surface area contributed by atoms with Gasteiger partial charge in [0.15, 0.2) is 0 Å². The SMILES string of the molecule is Cc1cc(-c2ccc(C3CCC(C)CC3)cc2)cc(P)c1C#N. The highest BCUT2D eigenvalue weighted by atomic mass is 31.0. The first-order valence-corrected chi connectivity index (χ1v) is 9.06. The zero-order valence-electron chi connectivity index (χ0n) is 14.0. The fraction of sp³-hybridized carbons (Fsp3) is 0.381. The van der Waals surface area contributed by atoms with Crippen LogP contribution in [-0.2, 0) is 0 Å². The Morgan fingerprint density at radius 1 is 1.00 bits per heavy atom. The molecule has 0 aromatic heterocycles. The van der Waals surface area contributed by atoms with Gasteiger partial charge in [-0.2, -0.15) is 5.26 Å². The van der Waals surface area contributed by atoms with Crippen molar-refractivity contribution in [3.8, 4) is 17.2 Å². The third-order valence-electron chi connectivity index (χ3n) is 5.21. The van der Waals surface area contributed by atoms with Gasteiger partial charge in [-0.15, -0.1) is 9.24 Å². The molecular weight excluding hydrogens is 297 g/mol. The lowest BCUT2D eigenvalue weighted by Gasteiger charge is -2.26. The maximum Gasteiger partial charge on any atom is 0.100 e. The molecule has 1 aliphatic rings. The van der Waals surface area contributed by atoms with Crippen molar-refractivity contribution in [2.45, 2.75) is 45.4 Å². The highest BCUT2D eigenvalue weighted by Crippen LogP contribution is 2.36. The summed E-state index contributed by atoms with van der Waals surface area (Å²) < 4.78 is 0. The molecule has 1 atom stereocenters. The summed E-state index contributed by atoms with van der Waals surface area (Å²) in [4.78, 5) is 0. The molecular formula is C21H24NP. The second-order valence-corrected chi connectivity index (χ2v) is 7.57. The monoisotopic (exact) mass is 321 g/mol. The van der Waals surface area contributed by atoms with Crippen LogP contribution in [0.5, 0.6) is 0 Å². The minimum Gasteiger partial charge on any atom is -0.192 e. The summed E-state index contributed by atoms with van der Waals surface area (Å²) in [6.07, 6.45) is 5.37. The van der Waals surface area contributed by atoms with E-state index in [0.29, 0.717) is 0 Å². The second kappa shape index (κ2) is 6.86. The second-order valence-electron chi connectivity index (χ2n) is 6.95. The quantitative estimate of drug-likeness (QED) is 0.686. The average molecular weight is 321 g/mol. The van der Waals surface area contributed by atoms with Crippen LogP contribution in [0, 0.1) is 24.2 Å². The van der Waals surface area contributed by atoms with E-state index in [4.69, 9.17) is 0 Å².